The number of halogens is 3. The lowest BCUT2D eigenvalue weighted by molar-refractivity contribution is -0.132. The smallest absolute Gasteiger partial charge is 0.364 e. The van der Waals surface area contributed by atoms with Gasteiger partial charge in [-0.2, -0.15) is 13.2 Å². The van der Waals surface area contributed by atoms with Gasteiger partial charge in [0.1, 0.15) is 6.26 Å². The van der Waals surface area contributed by atoms with Crippen molar-refractivity contribution < 1.29 is 17.7 Å². The number of hydrogen-bond donors (Lipinski definition) is 1. The summed E-state index contributed by atoms with van der Waals surface area (Å²) in [5, 5.41) is 6.95. The van der Waals surface area contributed by atoms with Crippen molar-refractivity contribution in [3.05, 3.63) is 18.0 Å². The molecule has 1 aromatic heterocycles. The summed E-state index contributed by atoms with van der Waals surface area (Å²) in [4.78, 5) is 8.32. The van der Waals surface area contributed by atoms with Crippen molar-refractivity contribution in [3.63, 3.8) is 0 Å². The van der Waals surface area contributed by atoms with Gasteiger partial charge in [0.05, 0.1) is 18.7 Å². The molecule has 2 rings (SSSR count). The number of nitrogens with zero attached hydrogens (tertiary/aromatic N) is 4. The Balaban J connectivity index is 1.83. The van der Waals surface area contributed by atoms with Gasteiger partial charge < -0.3 is 14.7 Å². The average Bonchev–Trinajstić information content (AvgIpc) is 2.99. The lowest BCUT2D eigenvalue weighted by Crippen LogP contribution is -2.52. The normalized spacial score (nSPS) is 17.6. The summed E-state index contributed by atoms with van der Waals surface area (Å²) >= 11 is 0. The van der Waals surface area contributed by atoms with E-state index in [1.165, 1.54) is 0 Å². The highest BCUT2D eigenvalue weighted by molar-refractivity contribution is 5.80. The van der Waals surface area contributed by atoms with Gasteiger partial charge in [-0.1, -0.05) is 5.16 Å². The molecular formula is C14H22F3N5O. The van der Waals surface area contributed by atoms with Crippen molar-refractivity contribution in [3.8, 4) is 0 Å². The van der Waals surface area contributed by atoms with Crippen molar-refractivity contribution in [1.82, 2.24) is 20.3 Å². The van der Waals surface area contributed by atoms with Gasteiger partial charge in [-0.15, -0.1) is 0 Å². The Morgan fingerprint density at radius 2 is 2.09 bits per heavy atom. The first-order valence-corrected chi connectivity index (χ1v) is 7.69. The SMILES string of the molecule is CCNC(=NCCC(F)(F)F)N1CCN(Cc2ccon2)CC1. The molecule has 2 heterocycles. The van der Waals surface area contributed by atoms with Gasteiger partial charge in [0, 0.05) is 45.3 Å². The van der Waals surface area contributed by atoms with Crippen LogP contribution in [0.2, 0.25) is 0 Å². The van der Waals surface area contributed by atoms with Gasteiger partial charge in [0.2, 0.25) is 0 Å². The van der Waals surface area contributed by atoms with E-state index in [1.807, 2.05) is 17.9 Å². The highest BCUT2D eigenvalue weighted by Gasteiger charge is 2.26. The van der Waals surface area contributed by atoms with Crippen LogP contribution in [0.4, 0.5) is 13.2 Å². The molecule has 0 saturated carbocycles. The fourth-order valence-corrected chi connectivity index (χ4v) is 2.38. The van der Waals surface area contributed by atoms with E-state index < -0.39 is 12.6 Å². The minimum atomic E-state index is -4.17. The Morgan fingerprint density at radius 3 is 2.65 bits per heavy atom. The Morgan fingerprint density at radius 1 is 1.35 bits per heavy atom. The summed E-state index contributed by atoms with van der Waals surface area (Å²) < 4.78 is 41.5. The lowest BCUT2D eigenvalue weighted by atomic mass is 10.3. The number of nitrogens with one attached hydrogen (secondary N) is 1. The first-order valence-electron chi connectivity index (χ1n) is 7.69. The first kappa shape index (κ1) is 17.6. The van der Waals surface area contributed by atoms with Crippen molar-refractivity contribution in [2.24, 2.45) is 4.99 Å². The second-order valence-corrected chi connectivity index (χ2v) is 5.35. The Labute approximate surface area is 133 Å². The van der Waals surface area contributed by atoms with E-state index in [4.69, 9.17) is 4.52 Å². The summed E-state index contributed by atoms with van der Waals surface area (Å²) in [5.41, 5.74) is 0.879. The van der Waals surface area contributed by atoms with Crippen molar-refractivity contribution in [2.45, 2.75) is 26.1 Å². The molecule has 0 radical (unpaired) electrons. The number of piperazine rings is 1. The third-order valence-electron chi connectivity index (χ3n) is 3.54. The number of rotatable bonds is 5. The Bertz CT molecular complexity index is 481. The predicted molar refractivity (Wildman–Crippen MR) is 80.0 cm³/mol. The molecule has 1 N–H and O–H groups in total. The maximum Gasteiger partial charge on any atom is 0.390 e. The standard InChI is InChI=1S/C14H22F3N5O/c1-2-18-13(19-5-4-14(15,16)17)22-8-6-21(7-9-22)11-12-3-10-23-20-12/h3,10H,2,4-9,11H2,1H3,(H,18,19). The van der Waals surface area contributed by atoms with Crippen LogP contribution in [0.25, 0.3) is 0 Å². The summed E-state index contributed by atoms with van der Waals surface area (Å²) in [6, 6.07) is 1.83. The van der Waals surface area contributed by atoms with Crippen LogP contribution < -0.4 is 5.32 Å². The zero-order chi connectivity index (χ0) is 16.7. The quantitative estimate of drug-likeness (QED) is 0.657. The van der Waals surface area contributed by atoms with Gasteiger partial charge in [-0.3, -0.25) is 9.89 Å². The number of aliphatic imine (C=N–C) groups is 1. The topological polar surface area (TPSA) is 56.9 Å². The van der Waals surface area contributed by atoms with Crippen molar-refractivity contribution in [1.29, 1.82) is 0 Å². The fraction of sp³-hybridized carbons (Fsp3) is 0.714. The minimum absolute atomic E-state index is 0.245. The molecular weight excluding hydrogens is 311 g/mol. The second-order valence-electron chi connectivity index (χ2n) is 5.35. The molecule has 130 valence electrons. The first-order chi connectivity index (χ1) is 11.0. The summed E-state index contributed by atoms with van der Waals surface area (Å²) in [6.45, 7) is 6.04. The van der Waals surface area contributed by atoms with E-state index in [1.54, 1.807) is 6.26 Å². The number of hydrogen-bond acceptors (Lipinski definition) is 4. The van der Waals surface area contributed by atoms with Gasteiger partial charge in [0.15, 0.2) is 5.96 Å². The molecule has 1 aromatic rings. The van der Waals surface area contributed by atoms with Crippen LogP contribution in [-0.2, 0) is 6.54 Å². The highest BCUT2D eigenvalue weighted by atomic mass is 19.4. The molecule has 0 unspecified atom stereocenters. The molecule has 0 spiro atoms. The molecule has 1 aliphatic rings. The maximum absolute atomic E-state index is 12.2. The highest BCUT2D eigenvalue weighted by Crippen LogP contribution is 2.19. The van der Waals surface area contributed by atoms with Crippen LogP contribution in [0.15, 0.2) is 21.8 Å². The number of aromatic nitrogens is 1. The Hall–Kier alpha value is -1.77. The molecule has 0 bridgehead atoms. The van der Waals surface area contributed by atoms with Crippen LogP contribution in [-0.4, -0.2) is 66.4 Å². The van der Waals surface area contributed by atoms with E-state index in [2.05, 4.69) is 20.4 Å². The maximum atomic E-state index is 12.2. The van der Waals surface area contributed by atoms with Crippen LogP contribution in [0, 0.1) is 0 Å². The molecule has 6 nitrogen and oxygen atoms in total. The fourth-order valence-electron chi connectivity index (χ4n) is 2.38. The lowest BCUT2D eigenvalue weighted by Gasteiger charge is -2.36. The van der Waals surface area contributed by atoms with E-state index >= 15 is 0 Å². The van der Waals surface area contributed by atoms with E-state index in [9.17, 15) is 13.2 Å². The Kier molecular flexibility index (Phi) is 6.26. The molecule has 9 heteroatoms. The molecule has 1 fully saturated rings. The van der Waals surface area contributed by atoms with Gasteiger partial charge in [0.25, 0.3) is 0 Å². The largest absolute Gasteiger partial charge is 0.390 e. The van der Waals surface area contributed by atoms with Gasteiger partial charge in [-0.25, -0.2) is 0 Å². The zero-order valence-corrected chi connectivity index (χ0v) is 13.1. The van der Waals surface area contributed by atoms with Crippen LogP contribution in [0.1, 0.15) is 19.0 Å². The van der Waals surface area contributed by atoms with Crippen molar-refractivity contribution in [2.75, 3.05) is 39.3 Å². The van der Waals surface area contributed by atoms with Crippen LogP contribution >= 0.6 is 0 Å². The molecule has 0 amide bonds. The van der Waals surface area contributed by atoms with Crippen molar-refractivity contribution >= 4 is 5.96 Å². The molecule has 23 heavy (non-hydrogen) atoms. The average molecular weight is 333 g/mol. The molecule has 0 atom stereocenters. The van der Waals surface area contributed by atoms with E-state index in [0.29, 0.717) is 19.0 Å². The summed E-state index contributed by atoms with van der Waals surface area (Å²) in [6.07, 6.45) is -3.52. The number of guanidine groups is 1. The van der Waals surface area contributed by atoms with Gasteiger partial charge in [-0.05, 0) is 6.92 Å². The van der Waals surface area contributed by atoms with Crippen LogP contribution in [0.5, 0.6) is 0 Å². The van der Waals surface area contributed by atoms with E-state index in [-0.39, 0.29) is 6.54 Å². The van der Waals surface area contributed by atoms with Crippen LogP contribution in [0.3, 0.4) is 0 Å². The predicted octanol–water partition coefficient (Wildman–Crippen LogP) is 1.71. The molecule has 1 aliphatic heterocycles. The number of alkyl halides is 3. The monoisotopic (exact) mass is 333 g/mol. The molecule has 0 aliphatic carbocycles. The third kappa shape index (κ3) is 6.09. The zero-order valence-electron chi connectivity index (χ0n) is 13.1. The van der Waals surface area contributed by atoms with Gasteiger partial charge >= 0.3 is 6.18 Å². The summed E-state index contributed by atoms with van der Waals surface area (Å²) in [5.74, 6) is 0.554. The third-order valence-corrected chi connectivity index (χ3v) is 3.54. The summed E-state index contributed by atoms with van der Waals surface area (Å²) in [7, 11) is 0. The van der Waals surface area contributed by atoms with E-state index in [0.717, 1.165) is 31.9 Å². The molecule has 0 aromatic carbocycles. The molecule has 1 saturated heterocycles. The second kappa shape index (κ2) is 8.19. The minimum Gasteiger partial charge on any atom is -0.364 e.